The molecule has 0 aromatic rings. The number of esters is 4. The van der Waals surface area contributed by atoms with E-state index in [2.05, 4.69) is 13.2 Å². The van der Waals surface area contributed by atoms with Gasteiger partial charge in [-0.3, -0.25) is 14.4 Å². The lowest BCUT2D eigenvalue weighted by Crippen LogP contribution is -2.44. The van der Waals surface area contributed by atoms with Crippen molar-refractivity contribution in [1.29, 1.82) is 0 Å². The second-order valence-electron chi connectivity index (χ2n) is 7.35. The molecule has 1 aliphatic rings. The molecule has 0 radical (unpaired) electrons. The Morgan fingerprint density at radius 2 is 1.29 bits per heavy atom. The molecule has 1 rings (SSSR count). The van der Waals surface area contributed by atoms with Crippen molar-refractivity contribution in [1.82, 2.24) is 0 Å². The van der Waals surface area contributed by atoms with Gasteiger partial charge in [-0.2, -0.15) is 0 Å². The summed E-state index contributed by atoms with van der Waals surface area (Å²) in [5.74, 6) is -5.72. The number of aliphatic carboxylic acids is 1. The number of ether oxygens (including phenoxy) is 4. The molecular formula is C21H28O10. The van der Waals surface area contributed by atoms with Crippen molar-refractivity contribution in [2.75, 3.05) is 26.4 Å². The van der Waals surface area contributed by atoms with Crippen molar-refractivity contribution < 1.29 is 48.0 Å². The standard InChI is InChI=1S/C21H28O10/c1-4-17(23)29-11-21(10-28-14(3)22,12-30-18(24)5-2)13-31-20(27)16-9-7-6-8-15(16)19(25)26/h4-5,15-16H,1-2,6-13H2,3H3,(H,25,26). The van der Waals surface area contributed by atoms with Crippen LogP contribution in [0.4, 0.5) is 0 Å². The highest BCUT2D eigenvalue weighted by molar-refractivity contribution is 5.82. The summed E-state index contributed by atoms with van der Waals surface area (Å²) in [6, 6.07) is 0. The smallest absolute Gasteiger partial charge is 0.330 e. The highest BCUT2D eigenvalue weighted by Gasteiger charge is 2.41. The Balaban J connectivity index is 3.02. The average molecular weight is 440 g/mol. The number of carboxylic acid groups (broad SMARTS) is 1. The number of hydrogen-bond donors (Lipinski definition) is 1. The zero-order valence-corrected chi connectivity index (χ0v) is 17.5. The Morgan fingerprint density at radius 1 is 0.839 bits per heavy atom. The van der Waals surface area contributed by atoms with Gasteiger partial charge in [0.1, 0.15) is 31.8 Å². The molecule has 172 valence electrons. The summed E-state index contributed by atoms with van der Waals surface area (Å²) in [7, 11) is 0. The van der Waals surface area contributed by atoms with E-state index in [0.29, 0.717) is 25.7 Å². The fourth-order valence-corrected chi connectivity index (χ4v) is 3.11. The minimum atomic E-state index is -1.41. The van der Waals surface area contributed by atoms with E-state index in [1.54, 1.807) is 0 Å². The van der Waals surface area contributed by atoms with Crippen molar-refractivity contribution in [3.8, 4) is 0 Å². The number of rotatable bonds is 12. The van der Waals surface area contributed by atoms with Gasteiger partial charge in [-0.15, -0.1) is 0 Å². The first-order chi connectivity index (χ1) is 14.6. The quantitative estimate of drug-likeness (QED) is 0.269. The van der Waals surface area contributed by atoms with Crippen LogP contribution in [0.25, 0.3) is 0 Å². The lowest BCUT2D eigenvalue weighted by molar-refractivity contribution is -0.173. The molecule has 2 atom stereocenters. The molecule has 31 heavy (non-hydrogen) atoms. The summed E-state index contributed by atoms with van der Waals surface area (Å²) in [5.41, 5.74) is -1.41. The molecule has 0 spiro atoms. The van der Waals surface area contributed by atoms with Crippen molar-refractivity contribution in [2.45, 2.75) is 32.6 Å². The molecule has 1 N–H and O–H groups in total. The maximum atomic E-state index is 12.6. The molecule has 0 aliphatic heterocycles. The van der Waals surface area contributed by atoms with Gasteiger partial charge in [0.15, 0.2) is 0 Å². The molecule has 0 heterocycles. The third kappa shape index (κ3) is 8.61. The van der Waals surface area contributed by atoms with Gasteiger partial charge in [-0.25, -0.2) is 9.59 Å². The van der Waals surface area contributed by atoms with E-state index < -0.39 is 73.5 Å². The molecule has 0 bridgehead atoms. The highest BCUT2D eigenvalue weighted by Crippen LogP contribution is 2.32. The van der Waals surface area contributed by atoms with Gasteiger partial charge in [-0.1, -0.05) is 26.0 Å². The minimum absolute atomic E-state index is 0.363. The first-order valence-corrected chi connectivity index (χ1v) is 9.75. The Kier molecular flexibility index (Phi) is 10.4. The minimum Gasteiger partial charge on any atom is -0.481 e. The summed E-state index contributed by atoms with van der Waals surface area (Å²) in [5, 5.41) is 9.38. The van der Waals surface area contributed by atoms with Gasteiger partial charge in [0.25, 0.3) is 0 Å². The Labute approximate surface area is 180 Å². The molecule has 0 aromatic carbocycles. The zero-order valence-electron chi connectivity index (χ0n) is 17.5. The Morgan fingerprint density at radius 3 is 1.74 bits per heavy atom. The van der Waals surface area contributed by atoms with Crippen LogP contribution in [0.1, 0.15) is 32.6 Å². The third-order valence-electron chi connectivity index (χ3n) is 4.86. The molecule has 0 saturated heterocycles. The van der Waals surface area contributed by atoms with Crippen LogP contribution in [0.15, 0.2) is 25.3 Å². The number of hydrogen-bond acceptors (Lipinski definition) is 9. The summed E-state index contributed by atoms with van der Waals surface area (Å²) in [4.78, 5) is 58.6. The maximum absolute atomic E-state index is 12.6. The summed E-state index contributed by atoms with van der Waals surface area (Å²) >= 11 is 0. The van der Waals surface area contributed by atoms with Gasteiger partial charge in [0.05, 0.1) is 11.8 Å². The fourth-order valence-electron chi connectivity index (χ4n) is 3.11. The van der Waals surface area contributed by atoms with E-state index in [0.717, 1.165) is 19.1 Å². The molecular weight excluding hydrogens is 412 g/mol. The first-order valence-electron chi connectivity index (χ1n) is 9.75. The van der Waals surface area contributed by atoms with E-state index in [9.17, 15) is 29.1 Å². The van der Waals surface area contributed by atoms with E-state index in [1.165, 1.54) is 0 Å². The monoisotopic (exact) mass is 440 g/mol. The molecule has 0 amide bonds. The molecule has 1 saturated carbocycles. The number of carboxylic acids is 1. The van der Waals surface area contributed by atoms with Crippen molar-refractivity contribution in [3.05, 3.63) is 25.3 Å². The van der Waals surface area contributed by atoms with Crippen LogP contribution in [0.5, 0.6) is 0 Å². The van der Waals surface area contributed by atoms with Crippen LogP contribution >= 0.6 is 0 Å². The van der Waals surface area contributed by atoms with Gasteiger partial charge in [0, 0.05) is 19.1 Å². The third-order valence-corrected chi connectivity index (χ3v) is 4.86. The largest absolute Gasteiger partial charge is 0.481 e. The molecule has 0 aromatic heterocycles. The molecule has 10 heteroatoms. The summed E-state index contributed by atoms with van der Waals surface area (Å²) in [6.07, 6.45) is 3.95. The highest BCUT2D eigenvalue weighted by atomic mass is 16.6. The van der Waals surface area contributed by atoms with Crippen LogP contribution in [-0.2, 0) is 42.9 Å². The van der Waals surface area contributed by atoms with E-state index in [-0.39, 0.29) is 0 Å². The molecule has 10 nitrogen and oxygen atoms in total. The van der Waals surface area contributed by atoms with Crippen molar-refractivity contribution >= 4 is 29.8 Å². The van der Waals surface area contributed by atoms with Gasteiger partial charge in [0.2, 0.25) is 0 Å². The van der Waals surface area contributed by atoms with E-state index >= 15 is 0 Å². The number of carbonyl (C=O) groups is 5. The summed E-state index contributed by atoms with van der Waals surface area (Å²) in [6.45, 7) is 6.04. The van der Waals surface area contributed by atoms with Crippen molar-refractivity contribution in [2.24, 2.45) is 17.3 Å². The fraction of sp³-hybridized carbons (Fsp3) is 0.571. The molecule has 1 aliphatic carbocycles. The van der Waals surface area contributed by atoms with Gasteiger partial charge < -0.3 is 24.1 Å². The van der Waals surface area contributed by atoms with E-state index in [1.807, 2.05) is 0 Å². The predicted octanol–water partition coefficient (Wildman–Crippen LogP) is 1.43. The average Bonchev–Trinajstić information content (AvgIpc) is 2.77. The zero-order chi connectivity index (χ0) is 23.4. The van der Waals surface area contributed by atoms with Crippen LogP contribution in [-0.4, -0.2) is 61.4 Å². The van der Waals surface area contributed by atoms with Crippen LogP contribution < -0.4 is 0 Å². The van der Waals surface area contributed by atoms with Crippen molar-refractivity contribution in [3.63, 3.8) is 0 Å². The second kappa shape index (κ2) is 12.5. The van der Waals surface area contributed by atoms with Crippen LogP contribution in [0.2, 0.25) is 0 Å². The normalized spacial score (nSPS) is 18.2. The number of carbonyl (C=O) groups excluding carboxylic acids is 4. The first kappa shape index (κ1) is 25.9. The summed E-state index contributed by atoms with van der Waals surface area (Å²) < 4.78 is 20.5. The lowest BCUT2D eigenvalue weighted by Gasteiger charge is -2.33. The molecule has 1 fully saturated rings. The second-order valence-corrected chi connectivity index (χ2v) is 7.35. The Hall–Kier alpha value is -3.17. The van der Waals surface area contributed by atoms with Crippen LogP contribution in [0, 0.1) is 17.3 Å². The SMILES string of the molecule is C=CC(=O)OCC(COC(C)=O)(COC(=O)C=C)COC(=O)C1CCCCC1C(=O)O. The lowest BCUT2D eigenvalue weighted by atomic mass is 9.79. The molecule has 2 unspecified atom stereocenters. The predicted molar refractivity (Wildman–Crippen MR) is 105 cm³/mol. The van der Waals surface area contributed by atoms with Gasteiger partial charge >= 0.3 is 29.8 Å². The maximum Gasteiger partial charge on any atom is 0.330 e. The van der Waals surface area contributed by atoms with Crippen LogP contribution in [0.3, 0.4) is 0 Å². The Bertz CT molecular complexity index is 687. The topological polar surface area (TPSA) is 142 Å². The van der Waals surface area contributed by atoms with E-state index in [4.69, 9.17) is 18.9 Å². The van der Waals surface area contributed by atoms with Gasteiger partial charge in [-0.05, 0) is 12.8 Å².